The first kappa shape index (κ1) is 12.2. The summed E-state index contributed by atoms with van der Waals surface area (Å²) in [6.07, 6.45) is 1.63. The number of nitrogens with zero attached hydrogens (tertiary/aromatic N) is 1. The molecule has 1 heterocycles. The standard InChI is InChI=1S/C14H16N2O3/c1-2-19-10-6-9(7-10)16-13(17)11-4-3-8(15)5-12(11)14(16)18/h3-5,9-10H,2,6-7,15H2,1H3. The Morgan fingerprint density at radius 2 is 1.95 bits per heavy atom. The Labute approximate surface area is 111 Å². The van der Waals surface area contributed by atoms with Gasteiger partial charge in [0.15, 0.2) is 0 Å². The summed E-state index contributed by atoms with van der Waals surface area (Å²) in [7, 11) is 0. The first-order valence-electron chi connectivity index (χ1n) is 6.50. The maximum Gasteiger partial charge on any atom is 0.261 e. The monoisotopic (exact) mass is 260 g/mol. The average Bonchev–Trinajstić information content (AvgIpc) is 2.57. The highest BCUT2D eigenvalue weighted by molar-refractivity contribution is 6.22. The van der Waals surface area contributed by atoms with Crippen LogP contribution < -0.4 is 5.73 Å². The molecular weight excluding hydrogens is 244 g/mol. The number of imide groups is 1. The van der Waals surface area contributed by atoms with Gasteiger partial charge < -0.3 is 10.5 Å². The van der Waals surface area contributed by atoms with Gasteiger partial charge in [-0.3, -0.25) is 14.5 Å². The highest BCUT2D eigenvalue weighted by Gasteiger charge is 2.45. The van der Waals surface area contributed by atoms with Gasteiger partial charge in [0.2, 0.25) is 0 Å². The predicted octanol–water partition coefficient (Wildman–Crippen LogP) is 1.43. The van der Waals surface area contributed by atoms with Crippen LogP contribution in [0.4, 0.5) is 5.69 Å². The number of carbonyl (C=O) groups is 2. The summed E-state index contributed by atoms with van der Waals surface area (Å²) < 4.78 is 5.47. The van der Waals surface area contributed by atoms with Crippen molar-refractivity contribution in [3.8, 4) is 0 Å². The Bertz CT molecular complexity index is 550. The molecule has 1 aromatic carbocycles. The van der Waals surface area contributed by atoms with Crippen LogP contribution in [0.3, 0.4) is 0 Å². The first-order chi connectivity index (χ1) is 9.11. The molecule has 0 radical (unpaired) electrons. The third kappa shape index (κ3) is 1.81. The molecule has 19 heavy (non-hydrogen) atoms. The molecule has 1 saturated carbocycles. The molecule has 3 rings (SSSR count). The van der Waals surface area contributed by atoms with Gasteiger partial charge in [-0.05, 0) is 38.0 Å². The lowest BCUT2D eigenvalue weighted by Crippen LogP contribution is -2.50. The molecule has 100 valence electrons. The lowest BCUT2D eigenvalue weighted by molar-refractivity contribution is -0.0330. The van der Waals surface area contributed by atoms with Crippen molar-refractivity contribution in [1.82, 2.24) is 4.90 Å². The largest absolute Gasteiger partial charge is 0.399 e. The summed E-state index contributed by atoms with van der Waals surface area (Å²) in [6.45, 7) is 2.61. The van der Waals surface area contributed by atoms with Gasteiger partial charge in [-0.25, -0.2) is 0 Å². The summed E-state index contributed by atoms with van der Waals surface area (Å²) in [4.78, 5) is 25.9. The molecule has 0 bridgehead atoms. The molecule has 0 spiro atoms. The van der Waals surface area contributed by atoms with E-state index in [2.05, 4.69) is 0 Å². The van der Waals surface area contributed by atoms with Crippen LogP contribution in [0.1, 0.15) is 40.5 Å². The Morgan fingerprint density at radius 1 is 1.26 bits per heavy atom. The van der Waals surface area contributed by atoms with Crippen molar-refractivity contribution in [3.63, 3.8) is 0 Å². The Balaban J connectivity index is 1.80. The fourth-order valence-electron chi connectivity index (χ4n) is 2.73. The van der Waals surface area contributed by atoms with E-state index in [0.29, 0.717) is 23.4 Å². The Kier molecular flexibility index (Phi) is 2.78. The SMILES string of the molecule is CCOC1CC(N2C(=O)c3ccc(N)cc3C2=O)C1. The Hall–Kier alpha value is -1.88. The molecule has 1 aliphatic carbocycles. The molecule has 0 unspecified atom stereocenters. The second-order valence-electron chi connectivity index (χ2n) is 4.99. The molecular formula is C14H16N2O3. The summed E-state index contributed by atoms with van der Waals surface area (Å²) in [5, 5.41) is 0. The molecule has 0 saturated heterocycles. The maximum absolute atomic E-state index is 12.3. The van der Waals surface area contributed by atoms with E-state index >= 15 is 0 Å². The molecule has 0 aromatic heterocycles. The predicted molar refractivity (Wildman–Crippen MR) is 69.8 cm³/mol. The lowest BCUT2D eigenvalue weighted by Gasteiger charge is -2.39. The number of anilines is 1. The van der Waals surface area contributed by atoms with Gasteiger partial charge >= 0.3 is 0 Å². The molecule has 1 fully saturated rings. The quantitative estimate of drug-likeness (QED) is 0.659. The molecule has 2 N–H and O–H groups in total. The topological polar surface area (TPSA) is 72.6 Å². The number of nitrogens with two attached hydrogens (primary N) is 1. The number of nitrogen functional groups attached to an aromatic ring is 1. The van der Waals surface area contributed by atoms with Crippen LogP contribution in [0.15, 0.2) is 18.2 Å². The minimum atomic E-state index is -0.229. The highest BCUT2D eigenvalue weighted by atomic mass is 16.5. The normalized spacial score (nSPS) is 25.4. The highest BCUT2D eigenvalue weighted by Crippen LogP contribution is 2.35. The van der Waals surface area contributed by atoms with Gasteiger partial charge in [0.05, 0.1) is 17.2 Å². The van der Waals surface area contributed by atoms with E-state index in [0.717, 1.165) is 12.8 Å². The number of rotatable bonds is 3. The van der Waals surface area contributed by atoms with Crippen molar-refractivity contribution in [1.29, 1.82) is 0 Å². The van der Waals surface area contributed by atoms with Crippen LogP contribution in [0.5, 0.6) is 0 Å². The minimum Gasteiger partial charge on any atom is -0.399 e. The van der Waals surface area contributed by atoms with Crippen LogP contribution in [0.2, 0.25) is 0 Å². The van der Waals surface area contributed by atoms with Crippen molar-refractivity contribution in [3.05, 3.63) is 29.3 Å². The fraction of sp³-hybridized carbons (Fsp3) is 0.429. The Morgan fingerprint density at radius 3 is 2.63 bits per heavy atom. The van der Waals surface area contributed by atoms with Gasteiger partial charge in [-0.1, -0.05) is 0 Å². The summed E-state index contributed by atoms with van der Waals surface area (Å²) in [5.41, 5.74) is 7.05. The van der Waals surface area contributed by atoms with Gasteiger partial charge in [-0.2, -0.15) is 0 Å². The summed E-state index contributed by atoms with van der Waals surface area (Å²) >= 11 is 0. The number of hydrogen-bond donors (Lipinski definition) is 1. The second kappa shape index (κ2) is 4.35. The zero-order chi connectivity index (χ0) is 13.6. The van der Waals surface area contributed by atoms with Crippen molar-refractivity contribution in [2.24, 2.45) is 0 Å². The molecule has 5 heteroatoms. The minimum absolute atomic E-state index is 0.0369. The van der Waals surface area contributed by atoms with Crippen molar-refractivity contribution >= 4 is 17.5 Å². The van der Waals surface area contributed by atoms with Crippen LogP contribution in [0.25, 0.3) is 0 Å². The fourth-order valence-corrected chi connectivity index (χ4v) is 2.73. The van der Waals surface area contributed by atoms with Gasteiger partial charge in [0.25, 0.3) is 11.8 Å². The summed E-state index contributed by atoms with van der Waals surface area (Å²) in [6, 6.07) is 4.82. The zero-order valence-corrected chi connectivity index (χ0v) is 10.8. The van der Waals surface area contributed by atoms with Crippen LogP contribution >= 0.6 is 0 Å². The second-order valence-corrected chi connectivity index (χ2v) is 4.99. The first-order valence-corrected chi connectivity index (χ1v) is 6.50. The van der Waals surface area contributed by atoms with E-state index in [1.54, 1.807) is 18.2 Å². The number of benzene rings is 1. The number of carbonyl (C=O) groups excluding carboxylic acids is 2. The van der Waals surface area contributed by atoms with E-state index in [4.69, 9.17) is 10.5 Å². The van der Waals surface area contributed by atoms with E-state index in [1.165, 1.54) is 4.90 Å². The number of ether oxygens (including phenoxy) is 1. The van der Waals surface area contributed by atoms with E-state index in [9.17, 15) is 9.59 Å². The maximum atomic E-state index is 12.3. The van der Waals surface area contributed by atoms with Gasteiger partial charge in [0, 0.05) is 18.3 Å². The molecule has 2 aliphatic rings. The smallest absolute Gasteiger partial charge is 0.261 e. The van der Waals surface area contributed by atoms with Crippen LogP contribution in [0, 0.1) is 0 Å². The zero-order valence-electron chi connectivity index (χ0n) is 10.8. The van der Waals surface area contributed by atoms with Crippen molar-refractivity contribution in [2.45, 2.75) is 31.9 Å². The van der Waals surface area contributed by atoms with Crippen LogP contribution in [-0.2, 0) is 4.74 Å². The third-order valence-corrected chi connectivity index (χ3v) is 3.78. The van der Waals surface area contributed by atoms with Crippen molar-refractivity contribution in [2.75, 3.05) is 12.3 Å². The van der Waals surface area contributed by atoms with Crippen molar-refractivity contribution < 1.29 is 14.3 Å². The van der Waals surface area contributed by atoms with E-state index < -0.39 is 0 Å². The number of hydrogen-bond acceptors (Lipinski definition) is 4. The summed E-state index contributed by atoms with van der Waals surface area (Å²) in [5.74, 6) is -0.438. The number of amides is 2. The van der Waals surface area contributed by atoms with Gasteiger partial charge in [0.1, 0.15) is 0 Å². The van der Waals surface area contributed by atoms with E-state index in [1.807, 2.05) is 6.92 Å². The molecule has 5 nitrogen and oxygen atoms in total. The molecule has 1 aromatic rings. The molecule has 1 aliphatic heterocycles. The third-order valence-electron chi connectivity index (χ3n) is 3.78. The number of fused-ring (bicyclic) bond motifs is 1. The average molecular weight is 260 g/mol. The molecule has 2 amide bonds. The molecule has 0 atom stereocenters. The van der Waals surface area contributed by atoms with Gasteiger partial charge in [-0.15, -0.1) is 0 Å². The van der Waals surface area contributed by atoms with E-state index in [-0.39, 0.29) is 24.0 Å². The lowest BCUT2D eigenvalue weighted by atomic mass is 9.88. The van der Waals surface area contributed by atoms with Crippen LogP contribution in [-0.4, -0.2) is 35.5 Å².